The first-order valence-electron chi connectivity index (χ1n) is 6.07. The fraction of sp³-hybridized carbons (Fsp3) is 0.462. The van der Waals surface area contributed by atoms with Crippen molar-refractivity contribution in [3.8, 4) is 0 Å². The van der Waals surface area contributed by atoms with Crippen molar-refractivity contribution < 1.29 is 4.39 Å². The molecule has 2 heterocycles. The second kappa shape index (κ2) is 4.02. The number of guanidine groups is 1. The van der Waals surface area contributed by atoms with Gasteiger partial charge in [-0.2, -0.15) is 0 Å². The summed E-state index contributed by atoms with van der Waals surface area (Å²) in [5.74, 6) is 1.16. The molecule has 2 aliphatic rings. The van der Waals surface area contributed by atoms with Crippen molar-refractivity contribution in [3.05, 3.63) is 35.6 Å². The Labute approximate surface area is 100 Å². The Morgan fingerprint density at radius 3 is 3.06 bits per heavy atom. The van der Waals surface area contributed by atoms with Gasteiger partial charge in [0.1, 0.15) is 5.82 Å². The largest absolute Gasteiger partial charge is 0.354 e. The van der Waals surface area contributed by atoms with Gasteiger partial charge in [0, 0.05) is 31.1 Å². The third-order valence-electron chi connectivity index (χ3n) is 3.54. The van der Waals surface area contributed by atoms with Crippen molar-refractivity contribution >= 4 is 5.96 Å². The maximum atomic E-state index is 13.9. The van der Waals surface area contributed by atoms with Gasteiger partial charge in [-0.3, -0.25) is 4.99 Å². The Balaban J connectivity index is 2.01. The Bertz CT molecular complexity index is 458. The first kappa shape index (κ1) is 10.6. The molecule has 1 N–H and O–H groups in total. The van der Waals surface area contributed by atoms with Crippen LogP contribution in [0.4, 0.5) is 4.39 Å². The minimum atomic E-state index is -0.113. The van der Waals surface area contributed by atoms with Crippen LogP contribution < -0.4 is 5.32 Å². The topological polar surface area (TPSA) is 27.6 Å². The quantitative estimate of drug-likeness (QED) is 0.800. The number of nitrogens with zero attached hydrogens (tertiary/aromatic N) is 2. The van der Waals surface area contributed by atoms with Crippen molar-refractivity contribution in [1.29, 1.82) is 0 Å². The van der Waals surface area contributed by atoms with Gasteiger partial charge >= 0.3 is 0 Å². The number of hydrogen-bond acceptors (Lipinski definition) is 3. The zero-order valence-corrected chi connectivity index (χ0v) is 9.86. The van der Waals surface area contributed by atoms with Gasteiger partial charge in [-0.25, -0.2) is 4.39 Å². The summed E-state index contributed by atoms with van der Waals surface area (Å²) in [6.45, 7) is 4.70. The number of benzene rings is 1. The number of halogens is 1. The van der Waals surface area contributed by atoms with Crippen molar-refractivity contribution in [2.45, 2.75) is 13.0 Å². The van der Waals surface area contributed by atoms with E-state index in [9.17, 15) is 4.39 Å². The van der Waals surface area contributed by atoms with E-state index in [1.807, 2.05) is 12.1 Å². The molecule has 1 fully saturated rings. The molecule has 0 bridgehead atoms. The highest BCUT2D eigenvalue weighted by Crippen LogP contribution is 2.34. The van der Waals surface area contributed by atoms with Gasteiger partial charge < -0.3 is 10.2 Å². The third kappa shape index (κ3) is 1.68. The van der Waals surface area contributed by atoms with E-state index in [-0.39, 0.29) is 11.9 Å². The fourth-order valence-electron chi connectivity index (χ4n) is 2.74. The van der Waals surface area contributed by atoms with Crippen LogP contribution in [0.15, 0.2) is 29.3 Å². The van der Waals surface area contributed by atoms with E-state index in [0.717, 1.165) is 31.2 Å². The SMILES string of the molecule is CC1CN=C2NCCN2C1c1ccccc1F. The molecule has 1 aromatic carbocycles. The summed E-state index contributed by atoms with van der Waals surface area (Å²) < 4.78 is 13.9. The molecule has 2 atom stereocenters. The van der Waals surface area contributed by atoms with E-state index in [4.69, 9.17) is 0 Å². The van der Waals surface area contributed by atoms with E-state index in [1.54, 1.807) is 6.07 Å². The van der Waals surface area contributed by atoms with Gasteiger partial charge in [0.25, 0.3) is 0 Å². The molecule has 0 amide bonds. The molecule has 3 rings (SSSR count). The molecule has 0 aromatic heterocycles. The lowest BCUT2D eigenvalue weighted by molar-refractivity contribution is 0.239. The minimum absolute atomic E-state index is 0.110. The summed E-state index contributed by atoms with van der Waals surface area (Å²) in [6.07, 6.45) is 0. The number of aliphatic imine (C=N–C) groups is 1. The van der Waals surface area contributed by atoms with Crippen LogP contribution in [-0.4, -0.2) is 30.5 Å². The van der Waals surface area contributed by atoms with Gasteiger partial charge in [-0.05, 0) is 6.07 Å². The predicted molar refractivity (Wildman–Crippen MR) is 65.3 cm³/mol. The lowest BCUT2D eigenvalue weighted by atomic mass is 9.91. The number of fused-ring (bicyclic) bond motifs is 1. The summed E-state index contributed by atoms with van der Waals surface area (Å²) in [6, 6.07) is 7.18. The van der Waals surface area contributed by atoms with Crippen LogP contribution in [0.2, 0.25) is 0 Å². The molecule has 90 valence electrons. The summed E-state index contributed by atoms with van der Waals surface area (Å²) >= 11 is 0. The van der Waals surface area contributed by atoms with Crippen LogP contribution in [0.3, 0.4) is 0 Å². The van der Waals surface area contributed by atoms with E-state index in [0.29, 0.717) is 5.92 Å². The standard InChI is InChI=1S/C13H16FN3/c1-9-8-16-13-15-6-7-17(13)12(9)10-4-2-3-5-11(10)14/h2-5,9,12H,6-8H2,1H3,(H,15,16). The van der Waals surface area contributed by atoms with Gasteiger partial charge in [0.15, 0.2) is 5.96 Å². The first-order valence-corrected chi connectivity index (χ1v) is 6.07. The Morgan fingerprint density at radius 2 is 2.24 bits per heavy atom. The minimum Gasteiger partial charge on any atom is -0.354 e. The van der Waals surface area contributed by atoms with E-state index in [2.05, 4.69) is 22.1 Å². The molecule has 0 aliphatic carbocycles. The average Bonchev–Trinajstić information content (AvgIpc) is 2.79. The molecule has 0 saturated carbocycles. The van der Waals surface area contributed by atoms with E-state index in [1.165, 1.54) is 6.07 Å². The molecule has 2 unspecified atom stereocenters. The summed E-state index contributed by atoms with van der Waals surface area (Å²) in [5, 5.41) is 3.25. The summed E-state index contributed by atoms with van der Waals surface area (Å²) in [5.41, 5.74) is 0.788. The predicted octanol–water partition coefficient (Wildman–Crippen LogP) is 1.78. The highest BCUT2D eigenvalue weighted by molar-refractivity contribution is 5.83. The highest BCUT2D eigenvalue weighted by Gasteiger charge is 2.35. The van der Waals surface area contributed by atoms with Gasteiger partial charge in [-0.1, -0.05) is 25.1 Å². The molecule has 0 spiro atoms. The van der Waals surface area contributed by atoms with Gasteiger partial charge in [-0.15, -0.1) is 0 Å². The molecule has 3 nitrogen and oxygen atoms in total. The van der Waals surface area contributed by atoms with Crippen molar-refractivity contribution in [3.63, 3.8) is 0 Å². The van der Waals surface area contributed by atoms with E-state index >= 15 is 0 Å². The molecular formula is C13H16FN3. The number of nitrogens with one attached hydrogen (secondary N) is 1. The zero-order chi connectivity index (χ0) is 11.8. The highest BCUT2D eigenvalue weighted by atomic mass is 19.1. The molecular weight excluding hydrogens is 217 g/mol. The Hall–Kier alpha value is -1.58. The maximum absolute atomic E-state index is 13.9. The normalized spacial score (nSPS) is 27.4. The van der Waals surface area contributed by atoms with Crippen LogP contribution in [0.5, 0.6) is 0 Å². The van der Waals surface area contributed by atoms with Crippen molar-refractivity contribution in [1.82, 2.24) is 10.2 Å². The molecule has 17 heavy (non-hydrogen) atoms. The second-order valence-electron chi connectivity index (χ2n) is 4.73. The van der Waals surface area contributed by atoms with Crippen LogP contribution >= 0.6 is 0 Å². The molecule has 4 heteroatoms. The summed E-state index contributed by atoms with van der Waals surface area (Å²) in [7, 11) is 0. The van der Waals surface area contributed by atoms with Crippen LogP contribution in [0.25, 0.3) is 0 Å². The van der Waals surface area contributed by atoms with Crippen molar-refractivity contribution in [2.75, 3.05) is 19.6 Å². The Kier molecular flexibility index (Phi) is 2.50. The van der Waals surface area contributed by atoms with Crippen molar-refractivity contribution in [2.24, 2.45) is 10.9 Å². The third-order valence-corrected chi connectivity index (χ3v) is 3.54. The van der Waals surface area contributed by atoms with Gasteiger partial charge in [0.05, 0.1) is 6.04 Å². The van der Waals surface area contributed by atoms with Crippen LogP contribution in [0, 0.1) is 11.7 Å². The number of hydrogen-bond donors (Lipinski definition) is 1. The second-order valence-corrected chi connectivity index (χ2v) is 4.73. The van der Waals surface area contributed by atoms with Crippen LogP contribution in [-0.2, 0) is 0 Å². The number of rotatable bonds is 1. The zero-order valence-electron chi connectivity index (χ0n) is 9.86. The van der Waals surface area contributed by atoms with Gasteiger partial charge in [0.2, 0.25) is 0 Å². The average molecular weight is 233 g/mol. The lowest BCUT2D eigenvalue weighted by Crippen LogP contribution is -2.42. The van der Waals surface area contributed by atoms with Crippen LogP contribution in [0.1, 0.15) is 18.5 Å². The molecule has 1 saturated heterocycles. The molecule has 1 aromatic rings. The lowest BCUT2D eigenvalue weighted by Gasteiger charge is -2.36. The maximum Gasteiger partial charge on any atom is 0.194 e. The first-order chi connectivity index (χ1) is 8.27. The molecule has 2 aliphatic heterocycles. The van der Waals surface area contributed by atoms with E-state index < -0.39 is 0 Å². The molecule has 0 radical (unpaired) electrons. The monoisotopic (exact) mass is 233 g/mol. The smallest absolute Gasteiger partial charge is 0.194 e. The Morgan fingerprint density at radius 1 is 1.41 bits per heavy atom. The summed E-state index contributed by atoms with van der Waals surface area (Å²) in [4.78, 5) is 6.67. The fourth-order valence-corrected chi connectivity index (χ4v) is 2.74.